The standard InChI is InChI=1S/C8H10BrNO3S/c1-7(2)5(6(12)13)10-4(11)3-8(10,9)14-7/h5H,3H2,1-2H3,(H,12,13)/t5-,8?/m0/s1. The van der Waals surface area contributed by atoms with Crippen LogP contribution in [0.2, 0.25) is 0 Å². The quantitative estimate of drug-likeness (QED) is 0.446. The Morgan fingerprint density at radius 2 is 2.29 bits per heavy atom. The molecule has 0 aromatic heterocycles. The number of hydrogen-bond acceptors (Lipinski definition) is 3. The van der Waals surface area contributed by atoms with Gasteiger partial charge in [-0.2, -0.15) is 0 Å². The molecule has 2 saturated heterocycles. The molecule has 0 aromatic carbocycles. The van der Waals surface area contributed by atoms with E-state index in [1.807, 2.05) is 13.8 Å². The lowest BCUT2D eigenvalue weighted by Crippen LogP contribution is -2.61. The van der Waals surface area contributed by atoms with Crippen LogP contribution in [0.15, 0.2) is 0 Å². The van der Waals surface area contributed by atoms with Crippen LogP contribution in [0, 0.1) is 0 Å². The maximum Gasteiger partial charge on any atom is 0.327 e. The Bertz CT molecular complexity index is 333. The van der Waals surface area contributed by atoms with Gasteiger partial charge in [0.05, 0.1) is 6.42 Å². The van der Waals surface area contributed by atoms with Crippen molar-refractivity contribution in [2.75, 3.05) is 0 Å². The van der Waals surface area contributed by atoms with Gasteiger partial charge in [-0.25, -0.2) is 4.79 Å². The molecule has 2 aliphatic rings. The van der Waals surface area contributed by atoms with Crippen LogP contribution in [0.5, 0.6) is 0 Å². The normalized spacial score (nSPS) is 39.2. The average Bonchev–Trinajstić information content (AvgIpc) is 2.13. The van der Waals surface area contributed by atoms with Gasteiger partial charge in [0.15, 0.2) is 3.78 Å². The fourth-order valence-corrected chi connectivity index (χ4v) is 5.57. The van der Waals surface area contributed by atoms with Crippen molar-refractivity contribution in [3.63, 3.8) is 0 Å². The molecule has 1 unspecified atom stereocenters. The molecule has 0 aromatic rings. The molecular weight excluding hydrogens is 270 g/mol. The number of thioether (sulfide) groups is 1. The zero-order valence-electron chi connectivity index (χ0n) is 7.78. The molecule has 0 aliphatic carbocycles. The number of carbonyl (C=O) groups excluding carboxylic acids is 1. The Kier molecular flexibility index (Phi) is 1.96. The monoisotopic (exact) mass is 279 g/mol. The number of nitrogens with zero attached hydrogens (tertiary/aromatic N) is 1. The summed E-state index contributed by atoms with van der Waals surface area (Å²) in [5, 5.41) is 9.08. The predicted molar refractivity (Wildman–Crippen MR) is 56.2 cm³/mol. The number of amides is 1. The highest BCUT2D eigenvalue weighted by Gasteiger charge is 2.66. The number of hydrogen-bond donors (Lipinski definition) is 1. The maximum absolute atomic E-state index is 11.3. The summed E-state index contributed by atoms with van der Waals surface area (Å²) in [5.74, 6) is -1.02. The van der Waals surface area contributed by atoms with E-state index in [1.165, 1.54) is 16.7 Å². The van der Waals surface area contributed by atoms with Gasteiger partial charge in [-0.1, -0.05) is 0 Å². The molecule has 2 aliphatic heterocycles. The van der Waals surface area contributed by atoms with Crippen LogP contribution in [-0.2, 0) is 9.59 Å². The van der Waals surface area contributed by atoms with Gasteiger partial charge in [0, 0.05) is 4.75 Å². The molecule has 2 fully saturated rings. The second kappa shape index (κ2) is 2.66. The third kappa shape index (κ3) is 1.13. The molecule has 4 nitrogen and oxygen atoms in total. The Morgan fingerprint density at radius 3 is 2.64 bits per heavy atom. The second-order valence-electron chi connectivity index (χ2n) is 4.08. The summed E-state index contributed by atoms with van der Waals surface area (Å²) in [6.07, 6.45) is 0.380. The molecule has 6 heteroatoms. The molecule has 0 bridgehead atoms. The summed E-state index contributed by atoms with van der Waals surface area (Å²) in [6.45, 7) is 3.70. The maximum atomic E-state index is 11.3. The van der Waals surface area contributed by atoms with Gasteiger partial charge in [-0.3, -0.25) is 4.79 Å². The highest BCUT2D eigenvalue weighted by Crippen LogP contribution is 2.61. The van der Waals surface area contributed by atoms with E-state index in [4.69, 9.17) is 5.11 Å². The second-order valence-corrected chi connectivity index (χ2v) is 7.84. The molecule has 2 rings (SSSR count). The first-order chi connectivity index (χ1) is 6.28. The lowest BCUT2D eigenvalue weighted by atomic mass is 9.98. The van der Waals surface area contributed by atoms with Crippen molar-refractivity contribution in [3.8, 4) is 0 Å². The minimum absolute atomic E-state index is 0.0904. The first-order valence-corrected chi connectivity index (χ1v) is 5.83. The Balaban J connectivity index is 2.39. The molecule has 0 saturated carbocycles. The molecule has 14 heavy (non-hydrogen) atoms. The van der Waals surface area contributed by atoms with E-state index in [-0.39, 0.29) is 5.91 Å². The van der Waals surface area contributed by atoms with E-state index in [9.17, 15) is 9.59 Å². The van der Waals surface area contributed by atoms with E-state index in [1.54, 1.807) is 0 Å². The van der Waals surface area contributed by atoms with Crippen LogP contribution in [0.25, 0.3) is 0 Å². The highest BCUT2D eigenvalue weighted by atomic mass is 79.9. The molecule has 78 valence electrons. The zero-order valence-corrected chi connectivity index (χ0v) is 10.2. The summed E-state index contributed by atoms with van der Waals surface area (Å²) in [5.41, 5.74) is 0. The summed E-state index contributed by atoms with van der Waals surface area (Å²) in [4.78, 5) is 23.8. The number of carboxylic acid groups (broad SMARTS) is 1. The number of carboxylic acids is 1. The largest absolute Gasteiger partial charge is 0.480 e. The van der Waals surface area contributed by atoms with Crippen molar-refractivity contribution in [1.82, 2.24) is 4.90 Å². The third-order valence-corrected chi connectivity index (χ3v) is 5.12. The number of alkyl halides is 1. The van der Waals surface area contributed by atoms with Crippen LogP contribution in [0.3, 0.4) is 0 Å². The number of rotatable bonds is 1. The highest BCUT2D eigenvalue weighted by molar-refractivity contribution is 9.12. The first kappa shape index (κ1) is 10.3. The lowest BCUT2D eigenvalue weighted by molar-refractivity contribution is -0.158. The zero-order chi connectivity index (χ0) is 10.7. The van der Waals surface area contributed by atoms with Crippen molar-refractivity contribution >= 4 is 39.6 Å². The lowest BCUT2D eigenvalue weighted by Gasteiger charge is -2.43. The summed E-state index contributed by atoms with van der Waals surface area (Å²) in [6, 6.07) is -0.729. The Hall–Kier alpha value is -0.230. The number of fused-ring (bicyclic) bond motifs is 1. The van der Waals surface area contributed by atoms with Crippen LogP contribution in [-0.4, -0.2) is 36.5 Å². The van der Waals surface area contributed by atoms with Crippen LogP contribution >= 0.6 is 27.7 Å². The van der Waals surface area contributed by atoms with E-state index >= 15 is 0 Å². The number of carbonyl (C=O) groups is 2. The van der Waals surface area contributed by atoms with Gasteiger partial charge in [-0.15, -0.1) is 11.8 Å². The van der Waals surface area contributed by atoms with Crippen molar-refractivity contribution in [2.45, 2.75) is 34.8 Å². The van der Waals surface area contributed by atoms with Gasteiger partial charge in [-0.05, 0) is 29.8 Å². The van der Waals surface area contributed by atoms with Crippen molar-refractivity contribution in [2.24, 2.45) is 0 Å². The topological polar surface area (TPSA) is 57.6 Å². The van der Waals surface area contributed by atoms with E-state index in [0.29, 0.717) is 6.42 Å². The number of aliphatic carboxylic acids is 1. The Labute approximate surface area is 94.1 Å². The Morgan fingerprint density at radius 1 is 1.71 bits per heavy atom. The third-order valence-electron chi connectivity index (χ3n) is 2.57. The predicted octanol–water partition coefficient (Wildman–Crippen LogP) is 1.25. The smallest absolute Gasteiger partial charge is 0.327 e. The molecule has 0 spiro atoms. The van der Waals surface area contributed by atoms with Crippen molar-refractivity contribution in [1.29, 1.82) is 0 Å². The van der Waals surface area contributed by atoms with Crippen LogP contribution < -0.4 is 0 Å². The van der Waals surface area contributed by atoms with Gasteiger partial charge in [0.25, 0.3) is 0 Å². The average molecular weight is 280 g/mol. The minimum atomic E-state index is -0.933. The van der Waals surface area contributed by atoms with Gasteiger partial charge < -0.3 is 10.0 Å². The van der Waals surface area contributed by atoms with Crippen LogP contribution in [0.4, 0.5) is 0 Å². The van der Waals surface area contributed by atoms with E-state index in [0.717, 1.165) is 0 Å². The van der Waals surface area contributed by atoms with Crippen LogP contribution in [0.1, 0.15) is 20.3 Å². The summed E-state index contributed by atoms with van der Waals surface area (Å²) in [7, 11) is 0. The molecular formula is C8H10BrNO3S. The molecule has 1 N–H and O–H groups in total. The first-order valence-electron chi connectivity index (χ1n) is 4.22. The molecule has 0 radical (unpaired) electrons. The molecule has 2 heterocycles. The minimum Gasteiger partial charge on any atom is -0.480 e. The van der Waals surface area contributed by atoms with Crippen molar-refractivity contribution in [3.05, 3.63) is 0 Å². The van der Waals surface area contributed by atoms with E-state index in [2.05, 4.69) is 15.9 Å². The van der Waals surface area contributed by atoms with Gasteiger partial charge >= 0.3 is 5.97 Å². The van der Waals surface area contributed by atoms with Crippen molar-refractivity contribution < 1.29 is 14.7 Å². The van der Waals surface area contributed by atoms with Gasteiger partial charge in [0.2, 0.25) is 5.91 Å². The number of β-lactam (4-membered cyclic amide) rings is 1. The van der Waals surface area contributed by atoms with E-state index < -0.39 is 20.5 Å². The molecule has 1 amide bonds. The van der Waals surface area contributed by atoms with Gasteiger partial charge in [0.1, 0.15) is 6.04 Å². The molecule has 2 atom stereocenters. The summed E-state index contributed by atoms with van der Waals surface area (Å²) >= 11 is 4.93. The SMILES string of the molecule is CC1(C)SC2(Br)CC(=O)N2[C@H]1C(=O)O. The fraction of sp³-hybridized carbons (Fsp3) is 0.750. The number of halogens is 1. The summed E-state index contributed by atoms with van der Waals surface area (Å²) < 4.78 is -0.919. The fourth-order valence-electron chi connectivity index (χ4n) is 2.05.